The molecule has 19 heavy (non-hydrogen) atoms. The quantitative estimate of drug-likeness (QED) is 0.478. The van der Waals surface area contributed by atoms with Crippen LogP contribution >= 0.6 is 0 Å². The van der Waals surface area contributed by atoms with Crippen molar-refractivity contribution in [3.8, 4) is 11.6 Å². The first-order chi connectivity index (χ1) is 9.10. The number of carbonyl (C=O) groups excluding carboxylic acids is 1. The summed E-state index contributed by atoms with van der Waals surface area (Å²) in [5.41, 5.74) is 0.996. The molecule has 6 heteroatoms. The molecule has 0 spiro atoms. The molecule has 2 rings (SSSR count). The summed E-state index contributed by atoms with van der Waals surface area (Å²) < 4.78 is 5.44. The van der Waals surface area contributed by atoms with Crippen LogP contribution in [0.15, 0.2) is 36.5 Å². The second kappa shape index (κ2) is 5.26. The molecule has 0 unspecified atom stereocenters. The zero-order chi connectivity index (χ0) is 13.8. The summed E-state index contributed by atoms with van der Waals surface area (Å²) in [6.07, 6.45) is 2.08. The number of aryl methyl sites for hydroxylation is 1. The van der Waals surface area contributed by atoms with Gasteiger partial charge in [-0.15, -0.1) is 0 Å². The van der Waals surface area contributed by atoms with Gasteiger partial charge in [-0.1, -0.05) is 0 Å². The Morgan fingerprint density at radius 3 is 2.63 bits per heavy atom. The second-order valence-corrected chi connectivity index (χ2v) is 3.86. The summed E-state index contributed by atoms with van der Waals surface area (Å²) in [4.78, 5) is 24.7. The van der Waals surface area contributed by atoms with Gasteiger partial charge in [0.15, 0.2) is 6.29 Å². The Kier molecular flexibility index (Phi) is 3.51. The van der Waals surface area contributed by atoms with Crippen molar-refractivity contribution >= 4 is 12.0 Å². The SMILES string of the molecule is Cc1cc(Oc2ccc(C=O)cn2)ccc1[N+](=O)[O-]. The first-order valence-corrected chi connectivity index (χ1v) is 5.44. The van der Waals surface area contributed by atoms with Crippen LogP contribution in [-0.2, 0) is 0 Å². The highest BCUT2D eigenvalue weighted by atomic mass is 16.6. The number of carbonyl (C=O) groups is 1. The molecule has 1 aromatic carbocycles. The van der Waals surface area contributed by atoms with Gasteiger partial charge in [-0.05, 0) is 25.1 Å². The highest BCUT2D eigenvalue weighted by Gasteiger charge is 2.11. The van der Waals surface area contributed by atoms with E-state index in [9.17, 15) is 14.9 Å². The zero-order valence-corrected chi connectivity index (χ0v) is 10.1. The number of rotatable bonds is 4. The lowest BCUT2D eigenvalue weighted by molar-refractivity contribution is -0.385. The number of aldehydes is 1. The molecule has 0 aliphatic heterocycles. The first kappa shape index (κ1) is 12.7. The molecule has 0 saturated heterocycles. The van der Waals surface area contributed by atoms with E-state index < -0.39 is 4.92 Å². The van der Waals surface area contributed by atoms with Crippen LogP contribution in [0.1, 0.15) is 15.9 Å². The van der Waals surface area contributed by atoms with E-state index in [4.69, 9.17) is 4.74 Å². The van der Waals surface area contributed by atoms with Gasteiger partial charge in [-0.25, -0.2) is 4.98 Å². The van der Waals surface area contributed by atoms with Crippen molar-refractivity contribution in [2.24, 2.45) is 0 Å². The average Bonchev–Trinajstić information content (AvgIpc) is 2.39. The molecule has 0 amide bonds. The topological polar surface area (TPSA) is 82.3 Å². The minimum absolute atomic E-state index is 0.0385. The molecule has 96 valence electrons. The van der Waals surface area contributed by atoms with Crippen molar-refractivity contribution in [1.82, 2.24) is 4.98 Å². The number of nitro groups is 1. The van der Waals surface area contributed by atoms with Gasteiger partial charge in [-0.3, -0.25) is 14.9 Å². The molecule has 0 radical (unpaired) electrons. The van der Waals surface area contributed by atoms with Crippen LogP contribution < -0.4 is 4.74 Å². The molecule has 0 aliphatic rings. The zero-order valence-electron chi connectivity index (χ0n) is 10.1. The lowest BCUT2D eigenvalue weighted by atomic mass is 10.2. The molecule has 1 aromatic heterocycles. The molecule has 0 atom stereocenters. The van der Waals surface area contributed by atoms with Gasteiger partial charge in [0.1, 0.15) is 5.75 Å². The van der Waals surface area contributed by atoms with Crippen molar-refractivity contribution < 1.29 is 14.5 Å². The minimum atomic E-state index is -0.448. The van der Waals surface area contributed by atoms with Crippen molar-refractivity contribution in [2.75, 3.05) is 0 Å². The van der Waals surface area contributed by atoms with Gasteiger partial charge in [0.05, 0.1) is 4.92 Å². The summed E-state index contributed by atoms with van der Waals surface area (Å²) in [6, 6.07) is 7.58. The van der Waals surface area contributed by atoms with E-state index in [1.54, 1.807) is 25.1 Å². The molecule has 2 aromatic rings. The van der Waals surface area contributed by atoms with E-state index in [1.165, 1.54) is 18.3 Å². The number of ether oxygens (including phenoxy) is 1. The van der Waals surface area contributed by atoms with Crippen LogP contribution in [0.5, 0.6) is 11.6 Å². The van der Waals surface area contributed by atoms with Gasteiger partial charge < -0.3 is 4.74 Å². The summed E-state index contributed by atoms with van der Waals surface area (Å²) >= 11 is 0. The third kappa shape index (κ3) is 2.92. The van der Waals surface area contributed by atoms with E-state index in [-0.39, 0.29) is 5.69 Å². The van der Waals surface area contributed by atoms with Crippen LogP contribution in [0.25, 0.3) is 0 Å². The molecule has 0 N–H and O–H groups in total. The predicted molar refractivity (Wildman–Crippen MR) is 67.5 cm³/mol. The average molecular weight is 258 g/mol. The Balaban J connectivity index is 2.21. The largest absolute Gasteiger partial charge is 0.439 e. The van der Waals surface area contributed by atoms with E-state index in [0.29, 0.717) is 29.0 Å². The highest BCUT2D eigenvalue weighted by molar-refractivity contribution is 5.74. The fourth-order valence-electron chi connectivity index (χ4n) is 1.54. The Bertz CT molecular complexity index is 623. The van der Waals surface area contributed by atoms with Gasteiger partial charge in [-0.2, -0.15) is 0 Å². The third-order valence-corrected chi connectivity index (χ3v) is 2.48. The summed E-state index contributed by atoms with van der Waals surface area (Å²) in [5, 5.41) is 10.7. The van der Waals surface area contributed by atoms with Gasteiger partial charge in [0.2, 0.25) is 5.88 Å². The normalized spacial score (nSPS) is 9.95. The molecule has 0 bridgehead atoms. The van der Waals surface area contributed by atoms with E-state index >= 15 is 0 Å². The van der Waals surface area contributed by atoms with E-state index in [0.717, 1.165) is 0 Å². The fourth-order valence-corrected chi connectivity index (χ4v) is 1.54. The van der Waals surface area contributed by atoms with Crippen LogP contribution in [-0.4, -0.2) is 16.2 Å². The van der Waals surface area contributed by atoms with Gasteiger partial charge in [0, 0.05) is 29.5 Å². The van der Waals surface area contributed by atoms with Gasteiger partial charge in [0.25, 0.3) is 5.69 Å². The second-order valence-electron chi connectivity index (χ2n) is 3.86. The lowest BCUT2D eigenvalue weighted by Gasteiger charge is -2.05. The molecular weight excluding hydrogens is 248 g/mol. The van der Waals surface area contributed by atoms with Crippen LogP contribution in [0, 0.1) is 17.0 Å². The van der Waals surface area contributed by atoms with Crippen LogP contribution in [0.2, 0.25) is 0 Å². The molecular formula is C13H10N2O4. The van der Waals surface area contributed by atoms with Crippen molar-refractivity contribution in [3.63, 3.8) is 0 Å². The number of pyridine rings is 1. The number of hydrogen-bond acceptors (Lipinski definition) is 5. The molecule has 1 heterocycles. The molecule has 0 saturated carbocycles. The van der Waals surface area contributed by atoms with Gasteiger partial charge >= 0.3 is 0 Å². The lowest BCUT2D eigenvalue weighted by Crippen LogP contribution is -1.93. The Hall–Kier alpha value is -2.76. The summed E-state index contributed by atoms with van der Waals surface area (Å²) in [7, 11) is 0. The number of aromatic nitrogens is 1. The summed E-state index contributed by atoms with van der Waals surface area (Å²) in [5.74, 6) is 0.772. The number of nitro benzene ring substituents is 1. The number of hydrogen-bond donors (Lipinski definition) is 0. The number of nitrogens with zero attached hydrogens (tertiary/aromatic N) is 2. The molecule has 0 aliphatic carbocycles. The maximum atomic E-state index is 10.7. The van der Waals surface area contributed by atoms with Crippen molar-refractivity contribution in [1.29, 1.82) is 0 Å². The monoisotopic (exact) mass is 258 g/mol. The fraction of sp³-hybridized carbons (Fsp3) is 0.0769. The molecule has 0 fully saturated rings. The predicted octanol–water partition coefficient (Wildman–Crippen LogP) is 2.90. The van der Waals surface area contributed by atoms with Crippen LogP contribution in [0.3, 0.4) is 0 Å². The Labute approximate surface area is 108 Å². The summed E-state index contributed by atoms with van der Waals surface area (Å²) in [6.45, 7) is 1.63. The maximum absolute atomic E-state index is 10.7. The number of benzene rings is 1. The van der Waals surface area contributed by atoms with Crippen LogP contribution in [0.4, 0.5) is 5.69 Å². The Morgan fingerprint density at radius 2 is 2.11 bits per heavy atom. The highest BCUT2D eigenvalue weighted by Crippen LogP contribution is 2.26. The molecule has 6 nitrogen and oxygen atoms in total. The van der Waals surface area contributed by atoms with Crippen molar-refractivity contribution in [3.05, 3.63) is 57.8 Å². The minimum Gasteiger partial charge on any atom is -0.439 e. The standard InChI is InChI=1S/C13H10N2O4/c1-9-6-11(3-4-12(9)15(17)18)19-13-5-2-10(8-16)7-14-13/h2-8H,1H3. The Morgan fingerprint density at radius 1 is 1.32 bits per heavy atom. The van der Waals surface area contributed by atoms with E-state index in [1.807, 2.05) is 0 Å². The maximum Gasteiger partial charge on any atom is 0.272 e. The smallest absolute Gasteiger partial charge is 0.272 e. The van der Waals surface area contributed by atoms with E-state index in [2.05, 4.69) is 4.98 Å². The van der Waals surface area contributed by atoms with Crippen molar-refractivity contribution in [2.45, 2.75) is 6.92 Å². The third-order valence-electron chi connectivity index (χ3n) is 2.48. The first-order valence-electron chi connectivity index (χ1n) is 5.44.